The van der Waals surface area contributed by atoms with Crippen molar-refractivity contribution >= 4 is 5.91 Å². The summed E-state index contributed by atoms with van der Waals surface area (Å²) in [5.41, 5.74) is 1.25. The van der Waals surface area contributed by atoms with Crippen molar-refractivity contribution in [2.24, 2.45) is 13.0 Å². The van der Waals surface area contributed by atoms with Gasteiger partial charge in [0.05, 0.1) is 0 Å². The second kappa shape index (κ2) is 7.59. The molecular weight excluding hydrogens is 270 g/mol. The van der Waals surface area contributed by atoms with Gasteiger partial charge in [0.1, 0.15) is 6.61 Å². The van der Waals surface area contributed by atoms with Gasteiger partial charge in [-0.05, 0) is 25.1 Å². The zero-order valence-corrected chi connectivity index (χ0v) is 12.8. The zero-order valence-electron chi connectivity index (χ0n) is 12.8. The first-order valence-corrected chi connectivity index (χ1v) is 7.35. The number of piperidine rings is 1. The molecule has 118 valence electrons. The third kappa shape index (κ3) is 4.30. The van der Waals surface area contributed by atoms with Gasteiger partial charge in [0.15, 0.2) is 0 Å². The highest BCUT2D eigenvalue weighted by Crippen LogP contribution is 2.19. The van der Waals surface area contributed by atoms with Crippen LogP contribution in [0.25, 0.3) is 0 Å². The molecule has 0 aliphatic carbocycles. The van der Waals surface area contributed by atoms with E-state index in [2.05, 4.69) is 20.9 Å². The van der Waals surface area contributed by atoms with Gasteiger partial charge in [-0.25, -0.2) is 0 Å². The molecule has 0 unspecified atom stereocenters. The van der Waals surface area contributed by atoms with Crippen molar-refractivity contribution in [1.82, 2.24) is 14.8 Å². The molecule has 0 bridgehead atoms. The number of methoxy groups -OCH3 is 1. The topological polar surface area (TPSA) is 66.7 Å². The predicted octanol–water partition coefficient (Wildman–Crippen LogP) is -0.0295. The van der Waals surface area contributed by atoms with E-state index in [1.807, 2.05) is 19.3 Å². The van der Waals surface area contributed by atoms with Crippen molar-refractivity contribution in [1.29, 1.82) is 0 Å². The number of aryl methyl sites for hydroxylation is 1. The molecule has 6 nitrogen and oxygen atoms in total. The van der Waals surface area contributed by atoms with Gasteiger partial charge >= 0.3 is 0 Å². The molecule has 1 saturated heterocycles. The van der Waals surface area contributed by atoms with Gasteiger partial charge in [0.2, 0.25) is 5.91 Å². The number of amides is 1. The lowest BCUT2D eigenvalue weighted by molar-refractivity contribution is -0.126. The predicted molar refractivity (Wildman–Crippen MR) is 79.7 cm³/mol. The number of hydrogen-bond donors (Lipinski definition) is 2. The molecule has 1 amide bonds. The minimum atomic E-state index is -0.123. The maximum Gasteiger partial charge on any atom is 0.246 e. The molecule has 1 fully saturated rings. The summed E-state index contributed by atoms with van der Waals surface area (Å²) in [6.07, 6.45) is 2.92. The third-order valence-corrected chi connectivity index (χ3v) is 4.13. The van der Waals surface area contributed by atoms with Crippen LogP contribution in [0.3, 0.4) is 0 Å². The first-order valence-electron chi connectivity index (χ1n) is 7.35. The van der Waals surface area contributed by atoms with Crippen molar-refractivity contribution in [2.45, 2.75) is 19.0 Å². The van der Waals surface area contributed by atoms with Crippen LogP contribution in [-0.4, -0.2) is 59.9 Å². The van der Waals surface area contributed by atoms with Gasteiger partial charge in [-0.1, -0.05) is 0 Å². The summed E-state index contributed by atoms with van der Waals surface area (Å²) in [5, 5.41) is 12.5. The van der Waals surface area contributed by atoms with Crippen LogP contribution in [0.1, 0.15) is 12.1 Å². The Hall–Kier alpha value is -1.37. The van der Waals surface area contributed by atoms with Crippen molar-refractivity contribution in [3.8, 4) is 0 Å². The molecule has 1 aromatic heterocycles. The lowest BCUT2D eigenvalue weighted by Gasteiger charge is -2.38. The molecule has 0 spiro atoms. The van der Waals surface area contributed by atoms with Crippen molar-refractivity contribution in [2.75, 3.05) is 33.4 Å². The highest BCUT2D eigenvalue weighted by Gasteiger charge is 2.30. The van der Waals surface area contributed by atoms with E-state index in [1.165, 1.54) is 12.8 Å². The average Bonchev–Trinajstić information content (AvgIpc) is 2.85. The van der Waals surface area contributed by atoms with Crippen LogP contribution in [0.15, 0.2) is 18.3 Å². The molecule has 21 heavy (non-hydrogen) atoms. The lowest BCUT2D eigenvalue weighted by Crippen LogP contribution is -2.54. The Kier molecular flexibility index (Phi) is 5.78. The maximum atomic E-state index is 11.7. The third-order valence-electron chi connectivity index (χ3n) is 4.13. The van der Waals surface area contributed by atoms with Crippen molar-refractivity contribution in [3.05, 3.63) is 24.0 Å². The Morgan fingerprint density at radius 3 is 3.00 bits per heavy atom. The Labute approximate surface area is 125 Å². The van der Waals surface area contributed by atoms with Crippen molar-refractivity contribution in [3.63, 3.8) is 0 Å². The number of aliphatic hydroxyl groups is 1. The normalized spacial score (nSPS) is 23.2. The Morgan fingerprint density at radius 2 is 2.38 bits per heavy atom. The quantitative estimate of drug-likeness (QED) is 0.773. The summed E-state index contributed by atoms with van der Waals surface area (Å²) in [5.74, 6) is -0.00265. The average molecular weight is 295 g/mol. The smallest absolute Gasteiger partial charge is 0.246 e. The number of nitrogens with one attached hydrogen (secondary N) is 1. The number of nitrogens with zero attached hydrogens (tertiary/aromatic N) is 2. The van der Waals surface area contributed by atoms with Gasteiger partial charge in [0, 0.05) is 57.7 Å². The summed E-state index contributed by atoms with van der Waals surface area (Å²) < 4.78 is 6.96. The van der Waals surface area contributed by atoms with E-state index in [4.69, 9.17) is 4.74 Å². The number of ether oxygens (including phenoxy) is 1. The molecule has 1 aliphatic rings. The van der Waals surface area contributed by atoms with Crippen molar-refractivity contribution < 1.29 is 14.6 Å². The van der Waals surface area contributed by atoms with E-state index < -0.39 is 0 Å². The second-order valence-corrected chi connectivity index (χ2v) is 5.68. The fraction of sp³-hybridized carbons (Fsp3) is 0.667. The number of carbonyl (C=O) groups excluding carboxylic acids is 1. The SMILES string of the molecule is COCC(=O)N[C@@H]1CN(Cc2cccn2C)CC[C@@H]1CO. The van der Waals surface area contributed by atoms with E-state index in [0.29, 0.717) is 0 Å². The molecule has 2 rings (SSSR count). The molecule has 0 radical (unpaired) electrons. The van der Waals surface area contributed by atoms with E-state index >= 15 is 0 Å². The summed E-state index contributed by atoms with van der Waals surface area (Å²) in [6.45, 7) is 2.72. The van der Waals surface area contributed by atoms with E-state index in [1.54, 1.807) is 0 Å². The van der Waals surface area contributed by atoms with Crippen LogP contribution in [0.2, 0.25) is 0 Å². The number of likely N-dealkylation sites (tertiary alicyclic amines) is 1. The summed E-state index contributed by atoms with van der Waals surface area (Å²) >= 11 is 0. The monoisotopic (exact) mass is 295 g/mol. The Balaban J connectivity index is 1.94. The molecule has 6 heteroatoms. The van der Waals surface area contributed by atoms with E-state index in [9.17, 15) is 9.90 Å². The molecule has 1 aliphatic heterocycles. The minimum Gasteiger partial charge on any atom is -0.396 e. The minimum absolute atomic E-state index is 0.0216. The highest BCUT2D eigenvalue weighted by molar-refractivity contribution is 5.77. The van der Waals surface area contributed by atoms with Crippen LogP contribution in [0.5, 0.6) is 0 Å². The van der Waals surface area contributed by atoms with Crippen LogP contribution >= 0.6 is 0 Å². The van der Waals surface area contributed by atoms with Gasteiger partial charge in [0.25, 0.3) is 0 Å². The largest absolute Gasteiger partial charge is 0.396 e. The Bertz CT molecular complexity index is 461. The number of aliphatic hydroxyl groups excluding tert-OH is 1. The highest BCUT2D eigenvalue weighted by atomic mass is 16.5. The molecule has 0 saturated carbocycles. The molecule has 0 aromatic carbocycles. The van der Waals surface area contributed by atoms with Crippen LogP contribution in [0, 0.1) is 5.92 Å². The zero-order chi connectivity index (χ0) is 15.2. The van der Waals surface area contributed by atoms with E-state index in [-0.39, 0.29) is 31.1 Å². The van der Waals surface area contributed by atoms with Gasteiger partial charge in [-0.2, -0.15) is 0 Å². The molecule has 1 aromatic rings. The van der Waals surface area contributed by atoms with Crippen LogP contribution in [-0.2, 0) is 23.1 Å². The summed E-state index contributed by atoms with van der Waals surface area (Å²) in [6, 6.07) is 4.12. The van der Waals surface area contributed by atoms with Crippen LogP contribution < -0.4 is 5.32 Å². The standard InChI is InChI=1S/C15H25N3O3/c1-17-6-3-4-13(17)8-18-7-5-12(10-19)14(9-18)16-15(20)11-21-2/h3-4,6,12,14,19H,5,7-11H2,1-2H3,(H,16,20)/t12-,14-/m1/s1. The lowest BCUT2D eigenvalue weighted by atomic mass is 9.92. The second-order valence-electron chi connectivity index (χ2n) is 5.68. The first kappa shape index (κ1) is 16.0. The molecular formula is C15H25N3O3. The molecule has 2 heterocycles. The fourth-order valence-electron chi connectivity index (χ4n) is 2.86. The van der Waals surface area contributed by atoms with Crippen LogP contribution in [0.4, 0.5) is 0 Å². The first-order chi connectivity index (χ1) is 10.1. The maximum absolute atomic E-state index is 11.7. The Morgan fingerprint density at radius 1 is 1.57 bits per heavy atom. The number of carbonyl (C=O) groups is 1. The summed E-state index contributed by atoms with van der Waals surface area (Å²) in [4.78, 5) is 14.0. The van der Waals surface area contributed by atoms with Gasteiger partial charge in [-0.3, -0.25) is 9.69 Å². The summed E-state index contributed by atoms with van der Waals surface area (Å²) in [7, 11) is 3.54. The number of hydrogen-bond acceptors (Lipinski definition) is 4. The van der Waals surface area contributed by atoms with Gasteiger partial charge in [-0.15, -0.1) is 0 Å². The fourth-order valence-corrected chi connectivity index (χ4v) is 2.86. The van der Waals surface area contributed by atoms with E-state index in [0.717, 1.165) is 26.1 Å². The molecule has 2 atom stereocenters. The molecule has 2 N–H and O–H groups in total. The van der Waals surface area contributed by atoms with Gasteiger partial charge < -0.3 is 19.7 Å². The number of rotatable bonds is 6. The number of aromatic nitrogens is 1.